The maximum Gasteiger partial charge on any atom is 0.255 e. The number of carbonyl (C=O) groups is 1. The van der Waals surface area contributed by atoms with E-state index >= 15 is 0 Å². The van der Waals surface area contributed by atoms with Crippen LogP contribution in [0.5, 0.6) is 5.75 Å². The Labute approximate surface area is 214 Å². The van der Waals surface area contributed by atoms with Crippen LogP contribution in [-0.4, -0.2) is 27.8 Å². The average Bonchev–Trinajstić information content (AvgIpc) is 3.30. The van der Waals surface area contributed by atoms with Crippen LogP contribution in [0, 0.1) is 6.92 Å². The van der Waals surface area contributed by atoms with E-state index in [4.69, 9.17) is 14.8 Å². The summed E-state index contributed by atoms with van der Waals surface area (Å²) in [6, 6.07) is 25.3. The molecule has 7 nitrogen and oxygen atoms in total. The highest BCUT2D eigenvalue weighted by Gasteiger charge is 2.34. The summed E-state index contributed by atoms with van der Waals surface area (Å²) < 4.78 is 7.04. The van der Waals surface area contributed by atoms with Crippen LogP contribution < -0.4 is 15.4 Å². The highest BCUT2D eigenvalue weighted by molar-refractivity contribution is 7.98. The number of carbonyl (C=O) groups excluding carboxylic acids is 1. The molecule has 1 amide bonds. The van der Waals surface area contributed by atoms with E-state index in [0.717, 1.165) is 28.3 Å². The van der Waals surface area contributed by atoms with Crippen molar-refractivity contribution in [2.24, 2.45) is 0 Å². The molecule has 1 aliphatic heterocycles. The standard InChI is InChI=1S/C28H27N5O2S/c1-18-9-11-21(12-10-18)25-24(26(34)30-22-13-15-23(35-3)16-14-22)19(2)29-27-31-28(32-33(25)27)36-17-20-7-5-4-6-8-20/h4-16,25H,17H2,1-3H3,(H,30,34)(H,29,31,32)/t25-/m1/s1. The normalized spacial score (nSPS) is 14.7. The molecule has 0 aliphatic carbocycles. The van der Waals surface area contributed by atoms with Crippen LogP contribution in [0.15, 0.2) is 95.3 Å². The number of rotatable bonds is 7. The number of nitrogens with zero attached hydrogens (tertiary/aromatic N) is 3. The van der Waals surface area contributed by atoms with E-state index in [0.29, 0.717) is 22.4 Å². The van der Waals surface area contributed by atoms with Gasteiger partial charge in [0.15, 0.2) is 0 Å². The molecule has 0 saturated heterocycles. The number of nitrogens with one attached hydrogen (secondary N) is 2. The van der Waals surface area contributed by atoms with E-state index < -0.39 is 6.04 Å². The first-order valence-electron chi connectivity index (χ1n) is 11.6. The van der Waals surface area contributed by atoms with Gasteiger partial charge in [-0.1, -0.05) is 71.9 Å². The van der Waals surface area contributed by atoms with Gasteiger partial charge >= 0.3 is 0 Å². The lowest BCUT2D eigenvalue weighted by atomic mass is 9.94. The number of aryl methyl sites for hydroxylation is 1. The Bertz CT molecular complexity index is 1400. The Morgan fingerprint density at radius 1 is 1.03 bits per heavy atom. The number of hydrogen-bond donors (Lipinski definition) is 2. The molecule has 1 aromatic heterocycles. The minimum absolute atomic E-state index is 0.199. The Morgan fingerprint density at radius 3 is 2.44 bits per heavy atom. The van der Waals surface area contributed by atoms with Gasteiger partial charge in [0.2, 0.25) is 11.1 Å². The van der Waals surface area contributed by atoms with Crippen molar-refractivity contribution in [2.75, 3.05) is 17.7 Å². The smallest absolute Gasteiger partial charge is 0.255 e. The van der Waals surface area contributed by atoms with Crippen molar-refractivity contribution in [3.63, 3.8) is 0 Å². The van der Waals surface area contributed by atoms with Crippen molar-refractivity contribution >= 4 is 29.3 Å². The predicted octanol–water partition coefficient (Wildman–Crippen LogP) is 5.82. The van der Waals surface area contributed by atoms with Gasteiger partial charge in [0.05, 0.1) is 12.7 Å². The zero-order valence-corrected chi connectivity index (χ0v) is 21.2. The number of benzene rings is 3. The molecule has 0 unspecified atom stereocenters. The number of allylic oxidation sites excluding steroid dienone is 1. The second-order valence-electron chi connectivity index (χ2n) is 8.60. The van der Waals surface area contributed by atoms with Crippen LogP contribution in [-0.2, 0) is 10.5 Å². The van der Waals surface area contributed by atoms with E-state index in [1.54, 1.807) is 18.9 Å². The number of thioether (sulfide) groups is 1. The molecule has 0 radical (unpaired) electrons. The SMILES string of the molecule is COc1ccc(NC(=O)C2=C(C)Nc3nc(SCc4ccccc4)nn3[C@@H]2c2ccc(C)cc2)cc1. The molecule has 0 bridgehead atoms. The largest absolute Gasteiger partial charge is 0.497 e. The van der Waals surface area contributed by atoms with Crippen LogP contribution in [0.25, 0.3) is 0 Å². The fraction of sp³-hybridized carbons (Fsp3) is 0.179. The van der Waals surface area contributed by atoms with Crippen molar-refractivity contribution in [1.82, 2.24) is 14.8 Å². The molecule has 3 aromatic carbocycles. The zero-order valence-electron chi connectivity index (χ0n) is 20.4. The molecule has 182 valence electrons. The minimum atomic E-state index is -0.418. The van der Waals surface area contributed by atoms with Crippen LogP contribution in [0.3, 0.4) is 0 Å². The van der Waals surface area contributed by atoms with Gasteiger partial charge in [0, 0.05) is 17.1 Å². The number of ether oxygens (including phenoxy) is 1. The lowest BCUT2D eigenvalue weighted by Gasteiger charge is -2.28. The van der Waals surface area contributed by atoms with Crippen LogP contribution in [0.1, 0.15) is 29.7 Å². The van der Waals surface area contributed by atoms with Crippen LogP contribution in [0.2, 0.25) is 0 Å². The molecular weight excluding hydrogens is 470 g/mol. The molecular formula is C28H27N5O2S. The third kappa shape index (κ3) is 4.99. The van der Waals surface area contributed by atoms with E-state index in [1.165, 1.54) is 5.56 Å². The third-order valence-electron chi connectivity index (χ3n) is 6.03. The van der Waals surface area contributed by atoms with Gasteiger partial charge in [-0.15, -0.1) is 5.10 Å². The zero-order chi connectivity index (χ0) is 25.1. The van der Waals surface area contributed by atoms with Crippen molar-refractivity contribution in [3.8, 4) is 5.75 Å². The second kappa shape index (κ2) is 10.3. The number of amides is 1. The van der Waals surface area contributed by atoms with Crippen molar-refractivity contribution in [1.29, 1.82) is 0 Å². The molecule has 2 heterocycles. The van der Waals surface area contributed by atoms with Gasteiger partial charge in [0.25, 0.3) is 5.91 Å². The molecule has 2 N–H and O–H groups in total. The maximum atomic E-state index is 13.6. The lowest BCUT2D eigenvalue weighted by molar-refractivity contribution is -0.113. The van der Waals surface area contributed by atoms with Gasteiger partial charge in [0.1, 0.15) is 11.8 Å². The first-order valence-corrected chi connectivity index (χ1v) is 12.6. The second-order valence-corrected chi connectivity index (χ2v) is 9.54. The molecule has 0 spiro atoms. The van der Waals surface area contributed by atoms with Gasteiger partial charge in [-0.25, -0.2) is 4.68 Å². The summed E-state index contributed by atoms with van der Waals surface area (Å²) in [6.45, 7) is 3.95. The van der Waals surface area contributed by atoms with Crippen LogP contribution >= 0.6 is 11.8 Å². The summed E-state index contributed by atoms with van der Waals surface area (Å²) in [4.78, 5) is 18.3. The molecule has 36 heavy (non-hydrogen) atoms. The number of anilines is 2. The molecule has 0 fully saturated rings. The summed E-state index contributed by atoms with van der Waals surface area (Å²) in [5.74, 6) is 1.91. The quantitative estimate of drug-likeness (QED) is 0.314. The Hall–Kier alpha value is -4.04. The molecule has 5 rings (SSSR count). The Kier molecular flexibility index (Phi) is 6.77. The monoisotopic (exact) mass is 497 g/mol. The maximum absolute atomic E-state index is 13.6. The van der Waals surface area contributed by atoms with Crippen LogP contribution in [0.4, 0.5) is 11.6 Å². The van der Waals surface area contributed by atoms with E-state index in [1.807, 2.05) is 85.3 Å². The highest BCUT2D eigenvalue weighted by atomic mass is 32.2. The molecule has 4 aromatic rings. The first-order chi connectivity index (χ1) is 17.5. The summed E-state index contributed by atoms with van der Waals surface area (Å²) >= 11 is 1.57. The fourth-order valence-electron chi connectivity index (χ4n) is 4.14. The van der Waals surface area contributed by atoms with Gasteiger partial charge in [-0.3, -0.25) is 4.79 Å². The van der Waals surface area contributed by atoms with E-state index in [2.05, 4.69) is 22.8 Å². The number of methoxy groups -OCH3 is 1. The third-order valence-corrected chi connectivity index (χ3v) is 6.94. The summed E-state index contributed by atoms with van der Waals surface area (Å²) in [7, 11) is 1.61. The van der Waals surface area contributed by atoms with E-state index in [9.17, 15) is 4.79 Å². The highest BCUT2D eigenvalue weighted by Crippen LogP contribution is 2.37. The summed E-state index contributed by atoms with van der Waals surface area (Å²) in [6.07, 6.45) is 0. The summed E-state index contributed by atoms with van der Waals surface area (Å²) in [5, 5.41) is 11.8. The van der Waals surface area contributed by atoms with Crippen molar-refractivity contribution in [2.45, 2.75) is 30.8 Å². The Morgan fingerprint density at radius 2 is 1.75 bits per heavy atom. The lowest BCUT2D eigenvalue weighted by Crippen LogP contribution is -2.31. The number of hydrogen-bond acceptors (Lipinski definition) is 6. The van der Waals surface area contributed by atoms with Gasteiger partial charge in [-0.05, 0) is 49.2 Å². The molecule has 1 atom stereocenters. The molecule has 0 saturated carbocycles. The fourth-order valence-corrected chi connectivity index (χ4v) is 4.92. The first kappa shape index (κ1) is 23.7. The Balaban J connectivity index is 1.47. The minimum Gasteiger partial charge on any atom is -0.497 e. The topological polar surface area (TPSA) is 81.1 Å². The number of aromatic nitrogens is 3. The summed E-state index contributed by atoms with van der Waals surface area (Å²) in [5.41, 5.74) is 5.33. The molecule has 8 heteroatoms. The van der Waals surface area contributed by atoms with Crippen molar-refractivity contribution < 1.29 is 9.53 Å². The number of fused-ring (bicyclic) bond motifs is 1. The van der Waals surface area contributed by atoms with Gasteiger partial charge in [-0.2, -0.15) is 4.98 Å². The van der Waals surface area contributed by atoms with Gasteiger partial charge < -0.3 is 15.4 Å². The van der Waals surface area contributed by atoms with Crippen molar-refractivity contribution in [3.05, 3.63) is 107 Å². The molecule has 1 aliphatic rings. The average molecular weight is 498 g/mol. The predicted molar refractivity (Wildman–Crippen MR) is 143 cm³/mol. The van der Waals surface area contributed by atoms with E-state index in [-0.39, 0.29) is 5.91 Å².